The third-order valence-electron chi connectivity index (χ3n) is 7.22. The standard InChI is InChI=1S/C31H38O2Si/c1-22(2)34(23(3)4,24(5)6)20-19-27-15-11-12-16-29(27)31(33-25(7)32)18-17-28-21-30(28)26-13-9-8-10-14-26/h8-16,22-24,28,30-31H,21H2,1-7H3. The molecule has 0 aliphatic heterocycles. The molecule has 0 amide bonds. The third-order valence-corrected chi connectivity index (χ3v) is 13.5. The maximum atomic E-state index is 12.0. The maximum Gasteiger partial charge on any atom is 0.304 e. The van der Waals surface area contributed by atoms with Gasteiger partial charge in [-0.05, 0) is 40.6 Å². The van der Waals surface area contributed by atoms with E-state index in [-0.39, 0.29) is 5.97 Å². The van der Waals surface area contributed by atoms with Crippen LogP contribution < -0.4 is 0 Å². The SMILES string of the molecule is CC(=O)OC(C#CC1CC1c1ccccc1)c1ccccc1C#C[Si](C(C)C)(C(C)C)C(C)C. The molecule has 0 bridgehead atoms. The second-order valence-electron chi connectivity index (χ2n) is 10.4. The molecule has 3 atom stereocenters. The number of esters is 1. The van der Waals surface area contributed by atoms with Gasteiger partial charge in [0, 0.05) is 24.0 Å². The van der Waals surface area contributed by atoms with Crippen molar-refractivity contribution in [2.45, 2.75) is 83.5 Å². The van der Waals surface area contributed by atoms with Crippen LogP contribution in [0.3, 0.4) is 0 Å². The van der Waals surface area contributed by atoms with Crippen molar-refractivity contribution in [3.05, 3.63) is 71.3 Å². The predicted molar refractivity (Wildman–Crippen MR) is 144 cm³/mol. The first kappa shape index (κ1) is 25.9. The van der Waals surface area contributed by atoms with E-state index in [0.717, 1.165) is 17.5 Å². The number of ether oxygens (including phenoxy) is 1. The molecule has 3 rings (SSSR count). The molecule has 0 spiro atoms. The molecule has 3 heteroatoms. The van der Waals surface area contributed by atoms with Crippen LogP contribution in [0.4, 0.5) is 0 Å². The normalized spacial score (nSPS) is 18.1. The second kappa shape index (κ2) is 11.1. The van der Waals surface area contributed by atoms with Crippen molar-refractivity contribution in [3.8, 4) is 23.3 Å². The fourth-order valence-corrected chi connectivity index (χ4v) is 10.6. The lowest BCUT2D eigenvalue weighted by molar-refractivity contribution is -0.144. The summed E-state index contributed by atoms with van der Waals surface area (Å²) in [5.74, 6) is 10.7. The zero-order valence-corrected chi connectivity index (χ0v) is 22.7. The van der Waals surface area contributed by atoms with Gasteiger partial charge in [-0.3, -0.25) is 4.79 Å². The number of hydrogen-bond acceptors (Lipinski definition) is 2. The van der Waals surface area contributed by atoms with Gasteiger partial charge in [0.1, 0.15) is 8.07 Å². The first-order valence-corrected chi connectivity index (χ1v) is 14.7. The smallest absolute Gasteiger partial charge is 0.304 e. The minimum Gasteiger partial charge on any atom is -0.444 e. The quantitative estimate of drug-likeness (QED) is 0.246. The van der Waals surface area contributed by atoms with E-state index in [1.807, 2.05) is 30.3 Å². The van der Waals surface area contributed by atoms with Crippen LogP contribution >= 0.6 is 0 Å². The van der Waals surface area contributed by atoms with Crippen molar-refractivity contribution in [1.29, 1.82) is 0 Å². The lowest BCUT2D eigenvalue weighted by Gasteiger charge is -2.38. The zero-order valence-electron chi connectivity index (χ0n) is 21.7. The van der Waals surface area contributed by atoms with Crippen molar-refractivity contribution in [2.24, 2.45) is 5.92 Å². The highest BCUT2D eigenvalue weighted by Crippen LogP contribution is 2.47. The molecule has 0 heterocycles. The number of carbonyl (C=O) groups is 1. The van der Waals surface area contributed by atoms with E-state index >= 15 is 0 Å². The average molecular weight is 471 g/mol. The van der Waals surface area contributed by atoms with E-state index in [2.05, 4.69) is 89.1 Å². The van der Waals surface area contributed by atoms with Crippen LogP contribution in [0.25, 0.3) is 0 Å². The maximum absolute atomic E-state index is 12.0. The molecule has 3 unspecified atom stereocenters. The third kappa shape index (κ3) is 5.83. The molecule has 1 fully saturated rings. The van der Waals surface area contributed by atoms with Gasteiger partial charge in [0.25, 0.3) is 0 Å². The van der Waals surface area contributed by atoms with Crippen molar-refractivity contribution >= 4 is 14.0 Å². The molecule has 0 aromatic heterocycles. The first-order valence-electron chi connectivity index (χ1n) is 12.5. The Labute approximate surface area is 207 Å². The monoisotopic (exact) mass is 470 g/mol. The summed E-state index contributed by atoms with van der Waals surface area (Å²) in [6.45, 7) is 15.4. The van der Waals surface area contributed by atoms with Gasteiger partial charge in [-0.1, -0.05) is 108 Å². The van der Waals surface area contributed by atoms with E-state index in [1.54, 1.807) is 0 Å². The van der Waals surface area contributed by atoms with Crippen LogP contribution in [0.5, 0.6) is 0 Å². The minimum atomic E-state index is -1.88. The van der Waals surface area contributed by atoms with E-state index in [9.17, 15) is 4.79 Å². The van der Waals surface area contributed by atoms with Gasteiger partial charge in [-0.2, -0.15) is 0 Å². The van der Waals surface area contributed by atoms with Crippen molar-refractivity contribution < 1.29 is 9.53 Å². The lowest BCUT2D eigenvalue weighted by Crippen LogP contribution is -2.43. The molecular formula is C31H38O2Si. The van der Waals surface area contributed by atoms with Crippen molar-refractivity contribution in [3.63, 3.8) is 0 Å². The molecule has 0 radical (unpaired) electrons. The number of rotatable bonds is 6. The van der Waals surface area contributed by atoms with Crippen LogP contribution in [0.2, 0.25) is 16.6 Å². The summed E-state index contributed by atoms with van der Waals surface area (Å²) in [5.41, 5.74) is 8.60. The molecule has 0 N–H and O–H groups in total. The van der Waals surface area contributed by atoms with Gasteiger partial charge >= 0.3 is 5.97 Å². The van der Waals surface area contributed by atoms with Crippen LogP contribution in [-0.2, 0) is 9.53 Å². The zero-order chi connectivity index (χ0) is 24.9. The highest BCUT2D eigenvalue weighted by atomic mass is 28.3. The van der Waals surface area contributed by atoms with Crippen LogP contribution in [0.1, 0.15) is 83.6 Å². The van der Waals surface area contributed by atoms with Crippen molar-refractivity contribution in [1.82, 2.24) is 0 Å². The summed E-state index contributed by atoms with van der Waals surface area (Å²) >= 11 is 0. The van der Waals surface area contributed by atoms with Crippen molar-refractivity contribution in [2.75, 3.05) is 0 Å². The summed E-state index contributed by atoms with van der Waals surface area (Å²) in [7, 11) is -1.88. The molecule has 1 aliphatic carbocycles. The Bertz CT molecular complexity index is 1090. The number of hydrogen-bond donors (Lipinski definition) is 0. The number of benzene rings is 2. The van der Waals surface area contributed by atoms with E-state index in [1.165, 1.54) is 12.5 Å². The summed E-state index contributed by atoms with van der Waals surface area (Å²) in [6.07, 6.45) is 0.449. The van der Waals surface area contributed by atoms with Gasteiger partial charge in [0.2, 0.25) is 0 Å². The number of carbonyl (C=O) groups excluding carboxylic acids is 1. The Morgan fingerprint density at radius 3 is 2.09 bits per heavy atom. The molecule has 2 aromatic carbocycles. The topological polar surface area (TPSA) is 26.3 Å². The molecule has 1 saturated carbocycles. The van der Waals surface area contributed by atoms with Crippen LogP contribution in [0.15, 0.2) is 54.6 Å². The second-order valence-corrected chi connectivity index (χ2v) is 16.0. The summed E-state index contributed by atoms with van der Waals surface area (Å²) < 4.78 is 5.70. The van der Waals surface area contributed by atoms with E-state index in [4.69, 9.17) is 4.74 Å². The Morgan fingerprint density at radius 2 is 1.50 bits per heavy atom. The summed E-state index contributed by atoms with van der Waals surface area (Å²) in [5, 5.41) is 0. The minimum absolute atomic E-state index is 0.307. The van der Waals surface area contributed by atoms with E-state index < -0.39 is 14.2 Å². The molecule has 1 aliphatic rings. The Balaban J connectivity index is 1.94. The predicted octanol–water partition coefficient (Wildman–Crippen LogP) is 7.67. The first-order chi connectivity index (χ1) is 16.2. The fourth-order valence-electron chi connectivity index (χ4n) is 5.39. The fraction of sp³-hybridized carbons (Fsp3) is 0.452. The molecule has 2 aromatic rings. The molecule has 2 nitrogen and oxygen atoms in total. The van der Waals surface area contributed by atoms with Crippen LogP contribution in [0, 0.1) is 29.2 Å². The lowest BCUT2D eigenvalue weighted by atomic mass is 10.0. The Hall–Kier alpha value is -2.75. The highest BCUT2D eigenvalue weighted by molar-refractivity contribution is 6.90. The van der Waals surface area contributed by atoms with Gasteiger partial charge in [-0.25, -0.2) is 0 Å². The van der Waals surface area contributed by atoms with Gasteiger partial charge in [-0.15, -0.1) is 5.54 Å². The van der Waals surface area contributed by atoms with E-state index in [0.29, 0.717) is 28.5 Å². The summed E-state index contributed by atoms with van der Waals surface area (Å²) in [6, 6.07) is 18.5. The molecule has 0 saturated heterocycles. The average Bonchev–Trinajstić information content (AvgIpc) is 3.57. The Kier molecular flexibility index (Phi) is 8.45. The van der Waals surface area contributed by atoms with Gasteiger partial charge in [0.15, 0.2) is 6.10 Å². The molecular weight excluding hydrogens is 432 g/mol. The van der Waals surface area contributed by atoms with Crippen LogP contribution in [-0.4, -0.2) is 14.0 Å². The Morgan fingerprint density at radius 1 is 0.912 bits per heavy atom. The molecule has 34 heavy (non-hydrogen) atoms. The molecule has 178 valence electrons. The van der Waals surface area contributed by atoms with Gasteiger partial charge in [0.05, 0.1) is 0 Å². The van der Waals surface area contributed by atoms with Gasteiger partial charge < -0.3 is 4.74 Å². The largest absolute Gasteiger partial charge is 0.444 e. The summed E-state index contributed by atoms with van der Waals surface area (Å²) in [4.78, 5) is 12.0. The highest BCUT2D eigenvalue weighted by Gasteiger charge is 2.41.